The number of carbonyl (C=O) groups is 3. The fourth-order valence-corrected chi connectivity index (χ4v) is 3.34. The van der Waals surface area contributed by atoms with E-state index in [0.717, 1.165) is 11.1 Å². The van der Waals surface area contributed by atoms with E-state index in [1.54, 1.807) is 21.9 Å². The molecular formula is C24H28N2O4. The van der Waals surface area contributed by atoms with Crippen LogP contribution in [-0.4, -0.2) is 60.2 Å². The summed E-state index contributed by atoms with van der Waals surface area (Å²) in [5, 5.41) is 0. The van der Waals surface area contributed by atoms with Crippen LogP contribution >= 0.6 is 0 Å². The van der Waals surface area contributed by atoms with Crippen molar-refractivity contribution >= 4 is 17.6 Å². The van der Waals surface area contributed by atoms with Crippen molar-refractivity contribution in [3.8, 4) is 5.75 Å². The van der Waals surface area contributed by atoms with Gasteiger partial charge in [-0.2, -0.15) is 0 Å². The highest BCUT2D eigenvalue weighted by Crippen LogP contribution is 2.13. The number of ether oxygens (including phenoxy) is 1. The average Bonchev–Trinajstić information content (AvgIpc) is 2.77. The fourth-order valence-electron chi connectivity index (χ4n) is 3.34. The highest BCUT2D eigenvalue weighted by molar-refractivity contribution is 5.98. The number of aryl methyl sites for hydroxylation is 2. The maximum Gasteiger partial charge on any atom is 0.260 e. The van der Waals surface area contributed by atoms with Gasteiger partial charge in [-0.3, -0.25) is 14.4 Å². The lowest BCUT2D eigenvalue weighted by atomic mass is 10.0. The SMILES string of the molecule is Cc1ccc(OCC(=O)N2CCN(C(=O)CCC(=O)c3ccc(C)cc3)CC2)cc1. The van der Waals surface area contributed by atoms with E-state index in [0.29, 0.717) is 37.5 Å². The van der Waals surface area contributed by atoms with Crippen molar-refractivity contribution < 1.29 is 19.1 Å². The van der Waals surface area contributed by atoms with Crippen LogP contribution in [0.15, 0.2) is 48.5 Å². The summed E-state index contributed by atoms with van der Waals surface area (Å²) in [4.78, 5) is 40.5. The summed E-state index contributed by atoms with van der Waals surface area (Å²) >= 11 is 0. The molecule has 0 saturated carbocycles. The van der Waals surface area contributed by atoms with Gasteiger partial charge in [0.2, 0.25) is 5.91 Å². The molecule has 1 heterocycles. The number of ketones is 1. The van der Waals surface area contributed by atoms with E-state index in [-0.39, 0.29) is 37.0 Å². The second-order valence-corrected chi connectivity index (χ2v) is 7.65. The molecule has 0 radical (unpaired) electrons. The van der Waals surface area contributed by atoms with E-state index in [4.69, 9.17) is 4.74 Å². The number of nitrogens with zero attached hydrogens (tertiary/aromatic N) is 2. The second-order valence-electron chi connectivity index (χ2n) is 7.65. The van der Waals surface area contributed by atoms with Crippen molar-refractivity contribution in [3.05, 3.63) is 65.2 Å². The van der Waals surface area contributed by atoms with Crippen molar-refractivity contribution in [2.45, 2.75) is 26.7 Å². The molecule has 1 aliphatic rings. The van der Waals surface area contributed by atoms with E-state index in [1.807, 2.05) is 50.2 Å². The molecule has 0 unspecified atom stereocenters. The zero-order chi connectivity index (χ0) is 21.5. The zero-order valence-corrected chi connectivity index (χ0v) is 17.6. The van der Waals surface area contributed by atoms with Crippen molar-refractivity contribution in [3.63, 3.8) is 0 Å². The van der Waals surface area contributed by atoms with Crippen molar-refractivity contribution in [2.24, 2.45) is 0 Å². The number of amides is 2. The van der Waals surface area contributed by atoms with Crippen molar-refractivity contribution in [1.29, 1.82) is 0 Å². The van der Waals surface area contributed by atoms with Crippen LogP contribution in [0, 0.1) is 13.8 Å². The molecule has 0 N–H and O–H groups in total. The Balaban J connectivity index is 1.39. The first kappa shape index (κ1) is 21.6. The van der Waals surface area contributed by atoms with E-state index >= 15 is 0 Å². The van der Waals surface area contributed by atoms with E-state index in [9.17, 15) is 14.4 Å². The molecule has 6 heteroatoms. The summed E-state index contributed by atoms with van der Waals surface area (Å²) < 4.78 is 5.56. The number of rotatable bonds is 7. The topological polar surface area (TPSA) is 66.9 Å². The Labute approximate surface area is 177 Å². The van der Waals surface area contributed by atoms with Crippen LogP contribution in [0.4, 0.5) is 0 Å². The molecule has 6 nitrogen and oxygen atoms in total. The van der Waals surface area contributed by atoms with Crippen molar-refractivity contribution in [2.75, 3.05) is 32.8 Å². The van der Waals surface area contributed by atoms with Gasteiger partial charge in [0.15, 0.2) is 12.4 Å². The molecule has 0 bridgehead atoms. The van der Waals surface area contributed by atoms with Crippen LogP contribution in [0.5, 0.6) is 5.75 Å². The lowest BCUT2D eigenvalue weighted by molar-refractivity contribution is -0.140. The lowest BCUT2D eigenvalue weighted by Gasteiger charge is -2.34. The highest BCUT2D eigenvalue weighted by atomic mass is 16.5. The maximum atomic E-state index is 12.4. The Morgan fingerprint density at radius 2 is 1.23 bits per heavy atom. The number of hydrogen-bond acceptors (Lipinski definition) is 4. The smallest absolute Gasteiger partial charge is 0.260 e. The molecule has 0 aromatic heterocycles. The molecule has 3 rings (SSSR count). The molecule has 1 saturated heterocycles. The third-order valence-corrected chi connectivity index (χ3v) is 5.31. The standard InChI is InChI=1S/C24H28N2O4/c1-18-3-7-20(8-4-18)22(27)11-12-23(28)25-13-15-26(16-14-25)24(29)17-30-21-9-5-19(2)6-10-21/h3-10H,11-17H2,1-2H3. The van der Waals surface area contributed by atoms with Gasteiger partial charge >= 0.3 is 0 Å². The Hall–Kier alpha value is -3.15. The summed E-state index contributed by atoms with van der Waals surface area (Å²) in [5.41, 5.74) is 2.87. The molecule has 2 aromatic carbocycles. The third-order valence-electron chi connectivity index (χ3n) is 5.31. The molecule has 1 fully saturated rings. The van der Waals surface area contributed by atoms with Crippen LogP contribution in [0.3, 0.4) is 0 Å². The van der Waals surface area contributed by atoms with Gasteiger partial charge in [0.1, 0.15) is 5.75 Å². The van der Waals surface area contributed by atoms with Gasteiger partial charge in [-0.05, 0) is 26.0 Å². The first-order valence-corrected chi connectivity index (χ1v) is 10.3. The minimum atomic E-state index is -0.0859. The first-order chi connectivity index (χ1) is 14.4. The molecule has 0 aliphatic carbocycles. The molecular weight excluding hydrogens is 380 g/mol. The van der Waals surface area contributed by atoms with Gasteiger partial charge in [-0.25, -0.2) is 0 Å². The molecule has 0 atom stereocenters. The van der Waals surface area contributed by atoms with Crippen LogP contribution in [0.2, 0.25) is 0 Å². The van der Waals surface area contributed by atoms with Crippen LogP contribution < -0.4 is 4.74 Å². The molecule has 158 valence electrons. The predicted molar refractivity (Wildman–Crippen MR) is 115 cm³/mol. The molecule has 1 aliphatic heterocycles. The van der Waals surface area contributed by atoms with Gasteiger partial charge in [-0.15, -0.1) is 0 Å². The summed E-state index contributed by atoms with van der Waals surface area (Å²) in [5.74, 6) is 0.516. The summed E-state index contributed by atoms with van der Waals surface area (Å²) in [6.07, 6.45) is 0.391. The number of hydrogen-bond donors (Lipinski definition) is 0. The molecule has 2 amide bonds. The van der Waals surface area contributed by atoms with Gasteiger partial charge in [-0.1, -0.05) is 47.5 Å². The number of benzene rings is 2. The monoisotopic (exact) mass is 408 g/mol. The summed E-state index contributed by atoms with van der Waals surface area (Å²) in [7, 11) is 0. The van der Waals surface area contributed by atoms with Gasteiger partial charge in [0, 0.05) is 44.6 Å². The van der Waals surface area contributed by atoms with Crippen LogP contribution in [0.1, 0.15) is 34.3 Å². The number of carbonyl (C=O) groups excluding carboxylic acids is 3. The minimum Gasteiger partial charge on any atom is -0.484 e. The van der Waals surface area contributed by atoms with E-state index in [2.05, 4.69) is 0 Å². The maximum absolute atomic E-state index is 12.4. The summed E-state index contributed by atoms with van der Waals surface area (Å²) in [6.45, 7) is 5.87. The normalized spacial score (nSPS) is 13.8. The average molecular weight is 408 g/mol. The quantitative estimate of drug-likeness (QED) is 0.661. The molecule has 30 heavy (non-hydrogen) atoms. The van der Waals surface area contributed by atoms with Gasteiger partial charge < -0.3 is 14.5 Å². The first-order valence-electron chi connectivity index (χ1n) is 10.3. The lowest BCUT2D eigenvalue weighted by Crippen LogP contribution is -2.51. The number of Topliss-reactive ketones (excluding diaryl/α,β-unsaturated/α-hetero) is 1. The fraction of sp³-hybridized carbons (Fsp3) is 0.375. The Morgan fingerprint density at radius 1 is 0.733 bits per heavy atom. The third kappa shape index (κ3) is 5.92. The van der Waals surface area contributed by atoms with Crippen LogP contribution in [0.25, 0.3) is 0 Å². The van der Waals surface area contributed by atoms with Crippen LogP contribution in [-0.2, 0) is 9.59 Å². The van der Waals surface area contributed by atoms with Crippen molar-refractivity contribution in [1.82, 2.24) is 9.80 Å². The molecule has 2 aromatic rings. The number of piperazine rings is 1. The van der Waals surface area contributed by atoms with E-state index < -0.39 is 0 Å². The Morgan fingerprint density at radius 3 is 1.80 bits per heavy atom. The minimum absolute atomic E-state index is 0.0118. The largest absolute Gasteiger partial charge is 0.484 e. The predicted octanol–water partition coefficient (Wildman–Crippen LogP) is 3.02. The Kier molecular flexibility index (Phi) is 7.22. The van der Waals surface area contributed by atoms with E-state index in [1.165, 1.54) is 0 Å². The second kappa shape index (κ2) is 10.1. The van der Waals surface area contributed by atoms with Gasteiger partial charge in [0.05, 0.1) is 0 Å². The molecule has 0 spiro atoms. The highest BCUT2D eigenvalue weighted by Gasteiger charge is 2.24. The Bertz CT molecular complexity index is 882. The van der Waals surface area contributed by atoms with Gasteiger partial charge in [0.25, 0.3) is 5.91 Å². The summed E-state index contributed by atoms with van der Waals surface area (Å²) in [6, 6.07) is 15.0. The zero-order valence-electron chi connectivity index (χ0n) is 17.6.